The van der Waals surface area contributed by atoms with Gasteiger partial charge in [0, 0.05) is 0 Å². The zero-order chi connectivity index (χ0) is 12.1. The molecular formula is C10H20O5. The number of allylic oxidation sites excluding steroid dienone is 1. The summed E-state index contributed by atoms with van der Waals surface area (Å²) in [5.74, 6) is -0.956. The van der Waals surface area contributed by atoms with Crippen LogP contribution in [0.3, 0.4) is 0 Å². The number of hydrogen-bond acceptors (Lipinski definition) is 5. The smallest absolute Gasteiger partial charge is 0.373 e. The number of carbonyl (C=O) groups is 1. The van der Waals surface area contributed by atoms with Crippen LogP contribution in [0.5, 0.6) is 0 Å². The van der Waals surface area contributed by atoms with Crippen LogP contribution in [0, 0.1) is 0 Å². The van der Waals surface area contributed by atoms with E-state index in [2.05, 4.69) is 4.74 Å². The van der Waals surface area contributed by atoms with Crippen molar-refractivity contribution in [2.24, 2.45) is 0 Å². The summed E-state index contributed by atoms with van der Waals surface area (Å²) < 4.78 is 4.68. The Bertz CT molecular complexity index is 175. The first-order valence-electron chi connectivity index (χ1n) is 4.88. The van der Waals surface area contributed by atoms with E-state index in [9.17, 15) is 4.79 Å². The molecule has 0 aliphatic rings. The van der Waals surface area contributed by atoms with Gasteiger partial charge in [0.05, 0.1) is 19.8 Å². The van der Waals surface area contributed by atoms with Gasteiger partial charge in [0.15, 0.2) is 5.76 Å². The molecule has 0 rings (SSSR count). The Morgan fingerprint density at radius 1 is 1.33 bits per heavy atom. The molecule has 0 aromatic rings. The fourth-order valence-corrected chi connectivity index (χ4v) is 0.501. The van der Waals surface area contributed by atoms with E-state index in [-0.39, 0.29) is 19.0 Å². The number of aliphatic hydroxyl groups excluding tert-OH is 3. The van der Waals surface area contributed by atoms with E-state index in [1.165, 1.54) is 6.08 Å². The average Bonchev–Trinajstić information content (AvgIpc) is 2.28. The van der Waals surface area contributed by atoms with E-state index in [1.54, 1.807) is 6.92 Å². The standard InChI is InChI=1S/C8H14O3.C2H6O2/c1-3-5-6-11-8(10)7(9)4-2;3-1-2-4/h4,9H,3,5-6H2,1-2H3;3-4H,1-2H2. The predicted molar refractivity (Wildman–Crippen MR) is 56.4 cm³/mol. The molecule has 0 radical (unpaired) electrons. The highest BCUT2D eigenvalue weighted by atomic mass is 16.5. The van der Waals surface area contributed by atoms with Gasteiger partial charge in [-0.05, 0) is 19.4 Å². The molecule has 0 aliphatic carbocycles. The van der Waals surface area contributed by atoms with Gasteiger partial charge < -0.3 is 20.1 Å². The van der Waals surface area contributed by atoms with Gasteiger partial charge in [-0.25, -0.2) is 4.79 Å². The topological polar surface area (TPSA) is 87.0 Å². The van der Waals surface area contributed by atoms with Crippen molar-refractivity contribution >= 4 is 5.97 Å². The summed E-state index contributed by atoms with van der Waals surface area (Å²) >= 11 is 0. The molecule has 0 bridgehead atoms. The molecule has 0 saturated heterocycles. The Balaban J connectivity index is 0. The van der Waals surface area contributed by atoms with Crippen LogP contribution in [0.2, 0.25) is 0 Å². The van der Waals surface area contributed by atoms with E-state index < -0.39 is 5.97 Å². The number of carbonyl (C=O) groups excluding carboxylic acids is 1. The van der Waals surface area contributed by atoms with E-state index in [0.717, 1.165) is 12.8 Å². The van der Waals surface area contributed by atoms with Crippen molar-refractivity contribution in [1.29, 1.82) is 0 Å². The summed E-state index contributed by atoms with van der Waals surface area (Å²) in [4.78, 5) is 10.7. The summed E-state index contributed by atoms with van der Waals surface area (Å²) in [5.41, 5.74) is 0. The van der Waals surface area contributed by atoms with Crippen LogP contribution >= 0.6 is 0 Å². The van der Waals surface area contributed by atoms with Crippen LogP contribution in [-0.2, 0) is 9.53 Å². The Hall–Kier alpha value is -1.07. The number of hydrogen-bond donors (Lipinski definition) is 3. The minimum absolute atomic E-state index is 0.125. The summed E-state index contributed by atoms with van der Waals surface area (Å²) in [6, 6.07) is 0. The van der Waals surface area contributed by atoms with Gasteiger partial charge in [-0.1, -0.05) is 13.3 Å². The number of esters is 1. The highest BCUT2D eigenvalue weighted by molar-refractivity contribution is 5.85. The summed E-state index contributed by atoms with van der Waals surface area (Å²) in [6.07, 6.45) is 3.13. The SMILES string of the molecule is CC=C(O)C(=O)OCCCC.OCCO. The van der Waals surface area contributed by atoms with Gasteiger partial charge >= 0.3 is 5.97 Å². The maximum absolute atomic E-state index is 10.7. The molecule has 5 nitrogen and oxygen atoms in total. The second kappa shape index (κ2) is 12.9. The van der Waals surface area contributed by atoms with Crippen molar-refractivity contribution in [2.75, 3.05) is 19.8 Å². The first-order valence-corrected chi connectivity index (χ1v) is 4.88. The molecule has 0 amide bonds. The molecule has 90 valence electrons. The van der Waals surface area contributed by atoms with Crippen LogP contribution in [0.15, 0.2) is 11.8 Å². The van der Waals surface area contributed by atoms with Crippen molar-refractivity contribution in [1.82, 2.24) is 0 Å². The molecule has 15 heavy (non-hydrogen) atoms. The quantitative estimate of drug-likeness (QED) is 0.275. The fourth-order valence-electron chi connectivity index (χ4n) is 0.501. The van der Waals surface area contributed by atoms with Crippen LogP contribution in [0.25, 0.3) is 0 Å². The minimum Gasteiger partial charge on any atom is -0.502 e. The number of unbranched alkanes of at least 4 members (excludes halogenated alkanes) is 1. The van der Waals surface area contributed by atoms with E-state index >= 15 is 0 Å². The Labute approximate surface area is 90.0 Å². The monoisotopic (exact) mass is 220 g/mol. The minimum atomic E-state index is -0.638. The summed E-state index contributed by atoms with van der Waals surface area (Å²) in [7, 11) is 0. The maximum Gasteiger partial charge on any atom is 0.373 e. The van der Waals surface area contributed by atoms with Crippen molar-refractivity contribution in [2.45, 2.75) is 26.7 Å². The van der Waals surface area contributed by atoms with E-state index in [4.69, 9.17) is 15.3 Å². The lowest BCUT2D eigenvalue weighted by atomic mass is 10.4. The van der Waals surface area contributed by atoms with Crippen molar-refractivity contribution in [3.8, 4) is 0 Å². The maximum atomic E-state index is 10.7. The number of ether oxygens (including phenoxy) is 1. The molecule has 0 aromatic heterocycles. The first-order chi connectivity index (χ1) is 7.13. The molecule has 3 N–H and O–H groups in total. The zero-order valence-corrected chi connectivity index (χ0v) is 9.27. The molecule has 0 fully saturated rings. The van der Waals surface area contributed by atoms with Crippen LogP contribution < -0.4 is 0 Å². The molecule has 0 heterocycles. The molecule has 0 saturated carbocycles. The van der Waals surface area contributed by atoms with Gasteiger partial charge in [-0.3, -0.25) is 0 Å². The normalized spacial score (nSPS) is 10.3. The molecule has 0 aliphatic heterocycles. The lowest BCUT2D eigenvalue weighted by Gasteiger charge is -2.01. The third-order valence-corrected chi connectivity index (χ3v) is 1.31. The largest absolute Gasteiger partial charge is 0.502 e. The molecule has 0 unspecified atom stereocenters. The summed E-state index contributed by atoms with van der Waals surface area (Å²) in [5, 5.41) is 24.1. The first kappa shape index (κ1) is 16.4. The van der Waals surface area contributed by atoms with E-state index in [0.29, 0.717) is 6.61 Å². The third-order valence-electron chi connectivity index (χ3n) is 1.31. The zero-order valence-electron chi connectivity index (χ0n) is 9.27. The van der Waals surface area contributed by atoms with Gasteiger partial charge in [-0.15, -0.1) is 0 Å². The fraction of sp³-hybridized carbons (Fsp3) is 0.700. The molecule has 0 spiro atoms. The van der Waals surface area contributed by atoms with Gasteiger partial charge in [0.1, 0.15) is 0 Å². The van der Waals surface area contributed by atoms with Crippen molar-refractivity contribution in [3.05, 3.63) is 11.8 Å². The van der Waals surface area contributed by atoms with Gasteiger partial charge in [0.2, 0.25) is 0 Å². The second-order valence-corrected chi connectivity index (χ2v) is 2.61. The van der Waals surface area contributed by atoms with Crippen LogP contribution in [-0.4, -0.2) is 41.1 Å². The molecule has 0 aromatic carbocycles. The highest BCUT2D eigenvalue weighted by Gasteiger charge is 2.05. The van der Waals surface area contributed by atoms with Gasteiger partial charge in [0.25, 0.3) is 0 Å². The van der Waals surface area contributed by atoms with Crippen molar-refractivity contribution in [3.63, 3.8) is 0 Å². The second-order valence-electron chi connectivity index (χ2n) is 2.61. The number of rotatable bonds is 5. The Morgan fingerprint density at radius 3 is 2.20 bits per heavy atom. The Morgan fingerprint density at radius 2 is 1.87 bits per heavy atom. The summed E-state index contributed by atoms with van der Waals surface area (Å²) in [6.45, 7) is 3.72. The third kappa shape index (κ3) is 12.9. The molecule has 5 heteroatoms. The van der Waals surface area contributed by atoms with Crippen LogP contribution in [0.1, 0.15) is 26.7 Å². The van der Waals surface area contributed by atoms with E-state index in [1.807, 2.05) is 6.92 Å². The van der Waals surface area contributed by atoms with Crippen LogP contribution in [0.4, 0.5) is 0 Å². The number of aliphatic hydroxyl groups is 3. The average molecular weight is 220 g/mol. The lowest BCUT2D eigenvalue weighted by Crippen LogP contribution is -2.08. The highest BCUT2D eigenvalue weighted by Crippen LogP contribution is 1.94. The van der Waals surface area contributed by atoms with Crippen molar-refractivity contribution < 1.29 is 24.9 Å². The molecule has 0 atom stereocenters. The Kier molecular flexibility index (Phi) is 14.1. The predicted octanol–water partition coefficient (Wildman–Crippen LogP) is 0.762. The lowest BCUT2D eigenvalue weighted by molar-refractivity contribution is -0.142. The molecular weight excluding hydrogens is 200 g/mol. The van der Waals surface area contributed by atoms with Gasteiger partial charge in [-0.2, -0.15) is 0 Å².